The lowest BCUT2D eigenvalue weighted by Crippen LogP contribution is -2.43. The Balaban J connectivity index is 1.93. The fourth-order valence-corrected chi connectivity index (χ4v) is 3.56. The highest BCUT2D eigenvalue weighted by Crippen LogP contribution is 2.40. The largest absolute Gasteiger partial charge is 0.481 e. The minimum atomic E-state index is -0.861. The lowest BCUT2D eigenvalue weighted by molar-refractivity contribution is -0.147. The molecule has 0 radical (unpaired) electrons. The summed E-state index contributed by atoms with van der Waals surface area (Å²) in [4.78, 5) is 23.6. The highest BCUT2D eigenvalue weighted by molar-refractivity contribution is 5.85. The van der Waals surface area contributed by atoms with Crippen LogP contribution in [-0.2, 0) is 9.59 Å². The molecule has 0 unspecified atom stereocenters. The summed E-state index contributed by atoms with van der Waals surface area (Å²) in [5.74, 6) is -1.92. The van der Waals surface area contributed by atoms with Crippen LogP contribution in [0.2, 0.25) is 0 Å². The number of allylic oxidation sites excluding steroid dienone is 2. The Labute approximate surface area is 120 Å². The van der Waals surface area contributed by atoms with E-state index >= 15 is 0 Å². The van der Waals surface area contributed by atoms with Gasteiger partial charge in [0, 0.05) is 6.54 Å². The number of rotatable bonds is 5. The van der Waals surface area contributed by atoms with Crippen molar-refractivity contribution in [1.29, 1.82) is 0 Å². The Morgan fingerprint density at radius 3 is 2.35 bits per heavy atom. The van der Waals surface area contributed by atoms with Crippen molar-refractivity contribution < 1.29 is 14.7 Å². The number of nitrogens with one attached hydrogen (secondary N) is 1. The molecular formula is C16H25NO3. The van der Waals surface area contributed by atoms with Gasteiger partial charge in [0.1, 0.15) is 0 Å². The zero-order valence-electron chi connectivity index (χ0n) is 12.2. The summed E-state index contributed by atoms with van der Waals surface area (Å²) in [6, 6.07) is 0. The SMILES string of the molecule is CCC1(CNC(=O)[C@@H]2CC=CC[C@@H]2C(=O)O)CCCC1. The molecule has 1 amide bonds. The molecule has 20 heavy (non-hydrogen) atoms. The third-order valence-corrected chi connectivity index (χ3v) is 5.14. The first-order chi connectivity index (χ1) is 9.58. The maximum Gasteiger partial charge on any atom is 0.307 e. The number of amides is 1. The Kier molecular flexibility index (Phi) is 4.84. The molecule has 2 aliphatic carbocycles. The van der Waals surface area contributed by atoms with Gasteiger partial charge in [-0.2, -0.15) is 0 Å². The molecule has 0 heterocycles. The van der Waals surface area contributed by atoms with Crippen molar-refractivity contribution in [2.75, 3.05) is 6.54 Å². The van der Waals surface area contributed by atoms with Crippen LogP contribution in [-0.4, -0.2) is 23.5 Å². The van der Waals surface area contributed by atoms with Crippen LogP contribution < -0.4 is 5.32 Å². The zero-order valence-corrected chi connectivity index (χ0v) is 12.2. The third-order valence-electron chi connectivity index (χ3n) is 5.14. The Hall–Kier alpha value is -1.32. The molecule has 2 N–H and O–H groups in total. The van der Waals surface area contributed by atoms with Crippen molar-refractivity contribution in [1.82, 2.24) is 5.32 Å². The van der Waals surface area contributed by atoms with Gasteiger partial charge in [0.15, 0.2) is 0 Å². The van der Waals surface area contributed by atoms with Gasteiger partial charge in [-0.1, -0.05) is 31.9 Å². The first-order valence-electron chi connectivity index (χ1n) is 7.73. The van der Waals surface area contributed by atoms with Crippen molar-refractivity contribution >= 4 is 11.9 Å². The molecule has 0 saturated heterocycles. The van der Waals surface area contributed by atoms with E-state index in [1.54, 1.807) is 0 Å². The number of hydrogen-bond acceptors (Lipinski definition) is 2. The van der Waals surface area contributed by atoms with Gasteiger partial charge in [-0.15, -0.1) is 0 Å². The summed E-state index contributed by atoms with van der Waals surface area (Å²) in [7, 11) is 0. The van der Waals surface area contributed by atoms with Crippen molar-refractivity contribution in [2.24, 2.45) is 17.3 Å². The number of aliphatic carboxylic acids is 1. The predicted molar refractivity (Wildman–Crippen MR) is 77.2 cm³/mol. The van der Waals surface area contributed by atoms with E-state index in [2.05, 4.69) is 12.2 Å². The van der Waals surface area contributed by atoms with Crippen LogP contribution in [0.4, 0.5) is 0 Å². The number of carbonyl (C=O) groups excluding carboxylic acids is 1. The van der Waals surface area contributed by atoms with Crippen molar-refractivity contribution in [2.45, 2.75) is 51.9 Å². The average molecular weight is 279 g/mol. The highest BCUT2D eigenvalue weighted by atomic mass is 16.4. The lowest BCUT2D eigenvalue weighted by Gasteiger charge is -2.30. The minimum Gasteiger partial charge on any atom is -0.481 e. The fourth-order valence-electron chi connectivity index (χ4n) is 3.56. The van der Waals surface area contributed by atoms with Crippen LogP contribution in [0.5, 0.6) is 0 Å². The van der Waals surface area contributed by atoms with E-state index < -0.39 is 17.8 Å². The molecule has 112 valence electrons. The van der Waals surface area contributed by atoms with Crippen LogP contribution in [0.1, 0.15) is 51.9 Å². The summed E-state index contributed by atoms with van der Waals surface area (Å²) in [5, 5.41) is 12.3. The number of hydrogen-bond donors (Lipinski definition) is 2. The monoisotopic (exact) mass is 279 g/mol. The summed E-state index contributed by atoms with van der Waals surface area (Å²) < 4.78 is 0. The van der Waals surface area contributed by atoms with Gasteiger partial charge in [-0.25, -0.2) is 0 Å². The quantitative estimate of drug-likeness (QED) is 0.760. The van der Waals surface area contributed by atoms with Gasteiger partial charge < -0.3 is 10.4 Å². The molecule has 0 aromatic heterocycles. The second-order valence-corrected chi connectivity index (χ2v) is 6.27. The molecule has 0 aromatic carbocycles. The smallest absolute Gasteiger partial charge is 0.307 e. The van der Waals surface area contributed by atoms with Crippen LogP contribution in [0.3, 0.4) is 0 Å². The predicted octanol–water partition coefficient (Wildman–Crippen LogP) is 2.74. The number of carboxylic acid groups (broad SMARTS) is 1. The van der Waals surface area contributed by atoms with Crippen LogP contribution in [0.25, 0.3) is 0 Å². The Morgan fingerprint density at radius 1 is 1.20 bits per heavy atom. The van der Waals surface area contributed by atoms with Gasteiger partial charge in [0.05, 0.1) is 11.8 Å². The normalized spacial score (nSPS) is 28.2. The van der Waals surface area contributed by atoms with E-state index in [0.29, 0.717) is 19.4 Å². The highest BCUT2D eigenvalue weighted by Gasteiger charge is 2.36. The standard InChI is InChI=1S/C16H25NO3/c1-2-16(9-5-6-10-16)11-17-14(18)12-7-3-4-8-13(12)15(19)20/h3-4,12-13H,2,5-11H2,1H3,(H,17,18)(H,19,20)/t12-,13+/m1/s1. The number of carbonyl (C=O) groups is 2. The van der Waals surface area contributed by atoms with Crippen molar-refractivity contribution in [3.05, 3.63) is 12.2 Å². The van der Waals surface area contributed by atoms with E-state index in [4.69, 9.17) is 0 Å². The van der Waals surface area contributed by atoms with E-state index in [-0.39, 0.29) is 11.3 Å². The molecule has 4 heteroatoms. The second-order valence-electron chi connectivity index (χ2n) is 6.27. The van der Waals surface area contributed by atoms with E-state index in [9.17, 15) is 14.7 Å². The van der Waals surface area contributed by atoms with E-state index in [1.807, 2.05) is 12.2 Å². The maximum atomic E-state index is 12.3. The minimum absolute atomic E-state index is 0.0820. The van der Waals surface area contributed by atoms with E-state index in [0.717, 1.165) is 6.42 Å². The number of carboxylic acids is 1. The van der Waals surface area contributed by atoms with Gasteiger partial charge in [-0.05, 0) is 37.5 Å². The molecule has 0 aliphatic heterocycles. The first kappa shape index (κ1) is 15.1. The molecule has 4 nitrogen and oxygen atoms in total. The molecular weight excluding hydrogens is 254 g/mol. The summed E-state index contributed by atoms with van der Waals surface area (Å²) >= 11 is 0. The van der Waals surface area contributed by atoms with E-state index in [1.165, 1.54) is 25.7 Å². The summed E-state index contributed by atoms with van der Waals surface area (Å²) in [6.45, 7) is 2.88. The third kappa shape index (κ3) is 3.22. The summed E-state index contributed by atoms with van der Waals surface area (Å²) in [6.07, 6.45) is 10.7. The van der Waals surface area contributed by atoms with Crippen LogP contribution in [0, 0.1) is 17.3 Å². The Morgan fingerprint density at radius 2 is 1.80 bits per heavy atom. The molecule has 2 atom stereocenters. The van der Waals surface area contributed by atoms with Gasteiger partial charge >= 0.3 is 5.97 Å². The van der Waals surface area contributed by atoms with Crippen LogP contribution >= 0.6 is 0 Å². The van der Waals surface area contributed by atoms with Crippen molar-refractivity contribution in [3.8, 4) is 0 Å². The topological polar surface area (TPSA) is 66.4 Å². The molecule has 1 fully saturated rings. The molecule has 0 bridgehead atoms. The van der Waals surface area contributed by atoms with Gasteiger partial charge in [-0.3, -0.25) is 9.59 Å². The van der Waals surface area contributed by atoms with Crippen molar-refractivity contribution in [3.63, 3.8) is 0 Å². The fraction of sp³-hybridized carbons (Fsp3) is 0.750. The maximum absolute atomic E-state index is 12.3. The lowest BCUT2D eigenvalue weighted by atomic mass is 9.81. The molecule has 0 aromatic rings. The second kappa shape index (κ2) is 6.42. The molecule has 2 aliphatic rings. The van der Waals surface area contributed by atoms with Gasteiger partial charge in [0.25, 0.3) is 0 Å². The zero-order chi connectivity index (χ0) is 14.6. The average Bonchev–Trinajstić information content (AvgIpc) is 2.94. The first-order valence-corrected chi connectivity index (χ1v) is 7.73. The molecule has 0 spiro atoms. The molecule has 1 saturated carbocycles. The van der Waals surface area contributed by atoms with Gasteiger partial charge in [0.2, 0.25) is 5.91 Å². The summed E-state index contributed by atoms with van der Waals surface area (Å²) in [5.41, 5.74) is 0.249. The van der Waals surface area contributed by atoms with Crippen LogP contribution in [0.15, 0.2) is 12.2 Å². The molecule has 2 rings (SSSR count). The Bertz CT molecular complexity index is 397.